The number of hydrogen-bond donors (Lipinski definition) is 1. The molecule has 3 rings (SSSR count). The van der Waals surface area contributed by atoms with Gasteiger partial charge in [0.25, 0.3) is 0 Å². The highest BCUT2D eigenvalue weighted by atomic mass is 16.6. The molecule has 0 aromatic heterocycles. The van der Waals surface area contributed by atoms with Crippen molar-refractivity contribution in [3.8, 4) is 23.0 Å². The van der Waals surface area contributed by atoms with Crippen molar-refractivity contribution in [1.82, 2.24) is 0 Å². The van der Waals surface area contributed by atoms with Gasteiger partial charge in [-0.05, 0) is 77.8 Å². The Kier molecular flexibility index (Phi) is 12.4. The van der Waals surface area contributed by atoms with Crippen LogP contribution in [-0.2, 0) is 25.7 Å². The lowest BCUT2D eigenvalue weighted by atomic mass is 10.1. The van der Waals surface area contributed by atoms with Crippen LogP contribution in [0.5, 0.6) is 23.0 Å². The van der Waals surface area contributed by atoms with Crippen molar-refractivity contribution in [2.45, 2.75) is 66.3 Å². The number of phenolic OH excluding ortho intramolecular Hbond substituents is 1. The first-order valence-corrected chi connectivity index (χ1v) is 13.6. The molecule has 0 bridgehead atoms. The number of aromatic hydroxyl groups is 1. The molecule has 0 unspecified atom stereocenters. The Labute approximate surface area is 247 Å². The predicted molar refractivity (Wildman–Crippen MR) is 158 cm³/mol. The maximum absolute atomic E-state index is 12.0. The van der Waals surface area contributed by atoms with Crippen LogP contribution in [0.2, 0.25) is 0 Å². The van der Waals surface area contributed by atoms with Gasteiger partial charge in [-0.1, -0.05) is 36.4 Å². The molecule has 3 aromatic carbocycles. The predicted octanol–water partition coefficient (Wildman–Crippen LogP) is 6.22. The van der Waals surface area contributed by atoms with Crippen LogP contribution < -0.4 is 14.2 Å². The molecule has 3 aromatic rings. The van der Waals surface area contributed by atoms with Gasteiger partial charge in [0.2, 0.25) is 0 Å². The van der Waals surface area contributed by atoms with Crippen LogP contribution in [0.25, 0.3) is 0 Å². The van der Waals surface area contributed by atoms with Crippen LogP contribution in [-0.4, -0.2) is 47.7 Å². The molecule has 0 radical (unpaired) electrons. The van der Waals surface area contributed by atoms with Crippen molar-refractivity contribution in [2.75, 3.05) is 13.2 Å². The lowest BCUT2D eigenvalue weighted by molar-refractivity contribution is -0.159. The number of phenols is 1. The van der Waals surface area contributed by atoms with Gasteiger partial charge >= 0.3 is 11.9 Å². The number of ether oxygens (including phenoxy) is 5. The Morgan fingerprint density at radius 3 is 1.90 bits per heavy atom. The average molecular weight is 581 g/mol. The van der Waals surface area contributed by atoms with Crippen molar-refractivity contribution < 1.29 is 43.2 Å². The topological polar surface area (TPSA) is 118 Å². The molecule has 0 spiro atoms. The van der Waals surface area contributed by atoms with Gasteiger partial charge in [-0.3, -0.25) is 4.79 Å². The first kappa shape index (κ1) is 33.7. The summed E-state index contributed by atoms with van der Waals surface area (Å²) in [7, 11) is 0. The maximum Gasteiger partial charge on any atom is 0.349 e. The number of carbonyl (C=O) groups excluding carboxylic acids is 3. The Bertz CT molecular complexity index is 1330. The minimum absolute atomic E-state index is 0.102. The molecule has 9 heteroatoms. The van der Waals surface area contributed by atoms with Crippen molar-refractivity contribution >= 4 is 18.2 Å². The zero-order chi connectivity index (χ0) is 31.3. The van der Waals surface area contributed by atoms with E-state index in [4.69, 9.17) is 23.7 Å². The number of rotatable bonds is 12. The minimum atomic E-state index is -1.22. The number of esters is 2. The molecule has 9 nitrogen and oxygen atoms in total. The van der Waals surface area contributed by atoms with E-state index in [1.54, 1.807) is 71.9 Å². The van der Waals surface area contributed by atoms with E-state index in [9.17, 15) is 19.5 Å². The Balaban J connectivity index is 0.000000317. The van der Waals surface area contributed by atoms with Gasteiger partial charge in [-0.25, -0.2) is 9.59 Å². The van der Waals surface area contributed by atoms with E-state index in [1.807, 2.05) is 37.3 Å². The summed E-state index contributed by atoms with van der Waals surface area (Å²) in [6, 6.07) is 19.4. The summed E-state index contributed by atoms with van der Waals surface area (Å²) in [4.78, 5) is 34.9. The second-order valence-corrected chi connectivity index (χ2v) is 10.2. The first-order valence-electron chi connectivity index (χ1n) is 13.6. The van der Waals surface area contributed by atoms with E-state index < -0.39 is 23.1 Å². The van der Waals surface area contributed by atoms with E-state index in [1.165, 1.54) is 6.07 Å². The van der Waals surface area contributed by atoms with Gasteiger partial charge in [0.05, 0.1) is 18.8 Å². The van der Waals surface area contributed by atoms with E-state index in [2.05, 4.69) is 0 Å². The number of aldehydes is 1. The van der Waals surface area contributed by atoms with E-state index in [0.717, 1.165) is 11.1 Å². The fourth-order valence-electron chi connectivity index (χ4n) is 3.47. The molecule has 226 valence electrons. The second-order valence-electron chi connectivity index (χ2n) is 10.2. The lowest BCUT2D eigenvalue weighted by Gasteiger charge is -2.25. The summed E-state index contributed by atoms with van der Waals surface area (Å²) in [6.07, 6.45) is 0.678. The molecule has 0 aliphatic carbocycles. The van der Waals surface area contributed by atoms with Crippen molar-refractivity contribution in [2.24, 2.45) is 0 Å². The van der Waals surface area contributed by atoms with Gasteiger partial charge < -0.3 is 28.8 Å². The fraction of sp³-hybridized carbons (Fsp3) is 0.364. The summed E-state index contributed by atoms with van der Waals surface area (Å²) in [5.74, 6) is 0.473. The normalized spacial score (nSPS) is 10.9. The van der Waals surface area contributed by atoms with Gasteiger partial charge in [-0.2, -0.15) is 0 Å². The van der Waals surface area contributed by atoms with Gasteiger partial charge in [-0.15, -0.1) is 0 Å². The van der Waals surface area contributed by atoms with Crippen LogP contribution >= 0.6 is 0 Å². The Morgan fingerprint density at radius 1 is 0.786 bits per heavy atom. The minimum Gasteiger partial charge on any atom is -0.508 e. The van der Waals surface area contributed by atoms with Crippen LogP contribution in [0.1, 0.15) is 63.0 Å². The van der Waals surface area contributed by atoms with Gasteiger partial charge in [0.1, 0.15) is 29.6 Å². The molecular formula is C33H40O9. The number of benzene rings is 3. The average Bonchev–Trinajstić information content (AvgIpc) is 2.95. The summed E-state index contributed by atoms with van der Waals surface area (Å²) in [6.45, 7) is 12.7. The molecule has 0 saturated heterocycles. The summed E-state index contributed by atoms with van der Waals surface area (Å²) in [5, 5.41) is 9.38. The molecule has 0 atom stereocenters. The van der Waals surface area contributed by atoms with Gasteiger partial charge in [0.15, 0.2) is 17.5 Å². The number of hydrogen-bond acceptors (Lipinski definition) is 9. The molecule has 0 aliphatic rings. The monoisotopic (exact) mass is 580 g/mol. The molecule has 0 aliphatic heterocycles. The van der Waals surface area contributed by atoms with Crippen LogP contribution in [0.4, 0.5) is 0 Å². The summed E-state index contributed by atoms with van der Waals surface area (Å²) in [5.41, 5.74) is -0.0821. The highest BCUT2D eigenvalue weighted by Crippen LogP contribution is 2.29. The Hall–Kier alpha value is -4.53. The molecule has 0 amide bonds. The highest BCUT2D eigenvalue weighted by Gasteiger charge is 2.33. The zero-order valence-electron chi connectivity index (χ0n) is 25.3. The standard InChI is InChI=1S/C20H22O5.C13H18O4/c1-4-23-19(22)20(2,3)25-18-12-17(11-10-16(18)13-21)24-14-15-8-6-5-7-9-15;1-5-16-12(15)13(3,4)17-11-8-10(14)7-6-9(11)2/h5-13H,4,14H2,1-3H3;6-8,14H,5H2,1-4H3. The third-order valence-electron chi connectivity index (χ3n) is 5.80. The molecule has 0 saturated carbocycles. The number of carbonyl (C=O) groups is 3. The van der Waals surface area contributed by atoms with Crippen molar-refractivity contribution in [3.63, 3.8) is 0 Å². The van der Waals surface area contributed by atoms with Crippen LogP contribution in [0, 0.1) is 6.92 Å². The quantitative estimate of drug-likeness (QED) is 0.197. The third kappa shape index (κ3) is 10.1. The molecular weight excluding hydrogens is 540 g/mol. The number of aryl methyl sites for hydroxylation is 1. The SMILES string of the molecule is CCOC(=O)C(C)(C)Oc1cc(O)ccc1C.CCOC(=O)C(C)(C)Oc1cc(OCc2ccccc2)ccc1C=O. The molecule has 0 fully saturated rings. The smallest absolute Gasteiger partial charge is 0.349 e. The van der Waals surface area contributed by atoms with Crippen LogP contribution in [0.15, 0.2) is 66.7 Å². The van der Waals surface area contributed by atoms with Crippen molar-refractivity contribution in [1.29, 1.82) is 0 Å². The first-order chi connectivity index (χ1) is 19.8. The van der Waals surface area contributed by atoms with Crippen LogP contribution in [0.3, 0.4) is 0 Å². The van der Waals surface area contributed by atoms with Gasteiger partial charge in [0, 0.05) is 12.1 Å². The Morgan fingerprint density at radius 2 is 1.36 bits per heavy atom. The molecule has 1 N–H and O–H groups in total. The molecule has 42 heavy (non-hydrogen) atoms. The lowest BCUT2D eigenvalue weighted by Crippen LogP contribution is -2.40. The third-order valence-corrected chi connectivity index (χ3v) is 5.80. The fourth-order valence-corrected chi connectivity index (χ4v) is 3.47. The van der Waals surface area contributed by atoms with E-state index in [0.29, 0.717) is 36.6 Å². The van der Waals surface area contributed by atoms with Crippen molar-refractivity contribution in [3.05, 3.63) is 83.4 Å². The maximum atomic E-state index is 12.0. The highest BCUT2D eigenvalue weighted by molar-refractivity contribution is 5.82. The largest absolute Gasteiger partial charge is 0.508 e. The second kappa shape index (κ2) is 15.5. The zero-order valence-corrected chi connectivity index (χ0v) is 25.3. The summed E-state index contributed by atoms with van der Waals surface area (Å²) >= 11 is 0. The summed E-state index contributed by atoms with van der Waals surface area (Å²) < 4.78 is 27.0. The van der Waals surface area contributed by atoms with E-state index in [-0.39, 0.29) is 18.1 Å². The molecule has 0 heterocycles. The van der Waals surface area contributed by atoms with E-state index >= 15 is 0 Å².